The van der Waals surface area contributed by atoms with E-state index in [4.69, 9.17) is 4.98 Å². The number of aryl methyl sites for hydroxylation is 1. The molecule has 38 heavy (non-hydrogen) atoms. The van der Waals surface area contributed by atoms with E-state index in [1.54, 1.807) is 35.9 Å². The van der Waals surface area contributed by atoms with Crippen LogP contribution in [0, 0.1) is 12.8 Å². The van der Waals surface area contributed by atoms with Gasteiger partial charge in [-0.3, -0.25) is 14.2 Å². The predicted octanol–water partition coefficient (Wildman–Crippen LogP) is 3.38. The fourth-order valence-corrected chi connectivity index (χ4v) is 5.84. The number of anilines is 1. The van der Waals surface area contributed by atoms with Crippen LogP contribution in [0.25, 0.3) is 10.9 Å². The van der Waals surface area contributed by atoms with Gasteiger partial charge in [0.25, 0.3) is 5.56 Å². The first-order chi connectivity index (χ1) is 18.1. The molecule has 0 unspecified atom stereocenters. The Morgan fingerprint density at radius 1 is 1.11 bits per heavy atom. The number of carbonyl (C=O) groups excluding carboxylic acids is 1. The number of fused-ring (bicyclic) bond motifs is 1. The molecule has 0 radical (unpaired) electrons. The van der Waals surface area contributed by atoms with Crippen LogP contribution in [0.4, 0.5) is 5.69 Å². The van der Waals surface area contributed by atoms with Gasteiger partial charge >= 0.3 is 5.97 Å². The van der Waals surface area contributed by atoms with Crippen molar-refractivity contribution in [3.63, 3.8) is 0 Å². The summed E-state index contributed by atoms with van der Waals surface area (Å²) >= 11 is 0. The number of carboxylic acids is 1. The van der Waals surface area contributed by atoms with E-state index in [-0.39, 0.29) is 34.9 Å². The quantitative estimate of drug-likeness (QED) is 0.516. The van der Waals surface area contributed by atoms with Crippen LogP contribution in [-0.2, 0) is 11.8 Å². The van der Waals surface area contributed by atoms with Crippen LogP contribution in [0.3, 0.4) is 0 Å². The maximum Gasteiger partial charge on any atom is 0.337 e. The highest BCUT2D eigenvalue weighted by atomic mass is 16.4. The number of rotatable bonds is 6. The molecule has 0 spiro atoms. The Hall–Kier alpha value is -3.72. The predicted molar refractivity (Wildman–Crippen MR) is 147 cm³/mol. The van der Waals surface area contributed by atoms with Gasteiger partial charge in [0.15, 0.2) is 0 Å². The molecule has 200 valence electrons. The molecular weight excluding hydrogens is 482 g/mol. The molecule has 9 nitrogen and oxygen atoms in total. The molecule has 2 saturated heterocycles. The van der Waals surface area contributed by atoms with Gasteiger partial charge in [-0.05, 0) is 57.5 Å². The molecule has 9 heteroatoms. The Bertz CT molecular complexity index is 1450. The normalized spacial score (nSPS) is 17.8. The van der Waals surface area contributed by atoms with Crippen molar-refractivity contribution in [3.05, 3.63) is 69.3 Å². The fourth-order valence-electron chi connectivity index (χ4n) is 5.84. The summed E-state index contributed by atoms with van der Waals surface area (Å²) in [5, 5.41) is 13.5. The summed E-state index contributed by atoms with van der Waals surface area (Å²) in [5.41, 5.74) is 3.03. The van der Waals surface area contributed by atoms with Crippen molar-refractivity contribution in [2.45, 2.75) is 38.6 Å². The monoisotopic (exact) mass is 517 g/mol. The van der Waals surface area contributed by atoms with Crippen LogP contribution in [0.2, 0.25) is 0 Å². The highest BCUT2D eigenvalue weighted by molar-refractivity contribution is 5.94. The average molecular weight is 518 g/mol. The van der Waals surface area contributed by atoms with Gasteiger partial charge in [0.2, 0.25) is 5.91 Å². The molecule has 0 saturated carbocycles. The number of aromatic nitrogens is 2. The average Bonchev–Trinajstić information content (AvgIpc) is 2.88. The van der Waals surface area contributed by atoms with Crippen LogP contribution in [0.1, 0.15) is 59.0 Å². The molecule has 3 heterocycles. The van der Waals surface area contributed by atoms with Crippen molar-refractivity contribution >= 4 is 28.5 Å². The smallest absolute Gasteiger partial charge is 0.337 e. The van der Waals surface area contributed by atoms with Crippen LogP contribution < -0.4 is 10.9 Å². The molecule has 1 aromatic heterocycles. The molecule has 2 fully saturated rings. The second-order valence-electron chi connectivity index (χ2n) is 10.8. The minimum atomic E-state index is -1.00. The maximum absolute atomic E-state index is 13.5. The minimum Gasteiger partial charge on any atom is -0.478 e. The number of benzene rings is 2. The standard InChI is InChI=1S/C29H35N5O4/c1-17-13-22(18(2)30-24-8-6-5-7-21(24)29(37)38)25-23(14-17)28(36)33(4)26(31-25)19-9-11-34(12-10-19)27(35)20-15-32(3)16-20/h5-8,13-14,18-20,30H,9-12,15-16H2,1-4H3,(H,37,38)/t18-/m1/s1. The van der Waals surface area contributed by atoms with Crippen molar-refractivity contribution in [1.29, 1.82) is 0 Å². The topological polar surface area (TPSA) is 108 Å². The Balaban J connectivity index is 1.45. The highest BCUT2D eigenvalue weighted by Crippen LogP contribution is 2.32. The van der Waals surface area contributed by atoms with Gasteiger partial charge in [0, 0.05) is 50.4 Å². The number of nitrogens with zero attached hydrogens (tertiary/aromatic N) is 4. The van der Waals surface area contributed by atoms with E-state index in [2.05, 4.69) is 10.2 Å². The molecule has 1 amide bonds. The molecular formula is C29H35N5O4. The van der Waals surface area contributed by atoms with Gasteiger partial charge in [-0.1, -0.05) is 18.2 Å². The first-order valence-corrected chi connectivity index (χ1v) is 13.2. The van der Waals surface area contributed by atoms with Gasteiger partial charge < -0.3 is 20.2 Å². The van der Waals surface area contributed by atoms with E-state index in [1.165, 1.54) is 0 Å². The number of aromatic carboxylic acids is 1. The molecule has 3 aromatic rings. The summed E-state index contributed by atoms with van der Waals surface area (Å²) in [5.74, 6) is 0.154. The van der Waals surface area contributed by atoms with Crippen LogP contribution in [-0.4, -0.2) is 69.6 Å². The summed E-state index contributed by atoms with van der Waals surface area (Å²) in [6.45, 7) is 6.88. The Morgan fingerprint density at radius 3 is 2.45 bits per heavy atom. The zero-order valence-electron chi connectivity index (χ0n) is 22.4. The van der Waals surface area contributed by atoms with Gasteiger partial charge in [-0.2, -0.15) is 0 Å². The van der Waals surface area contributed by atoms with E-state index < -0.39 is 5.97 Å². The molecule has 5 rings (SSSR count). The highest BCUT2D eigenvalue weighted by Gasteiger charge is 2.35. The maximum atomic E-state index is 13.5. The third kappa shape index (κ3) is 4.78. The number of hydrogen-bond donors (Lipinski definition) is 2. The zero-order chi connectivity index (χ0) is 27.1. The number of nitrogens with one attached hydrogen (secondary N) is 1. The van der Waals surface area contributed by atoms with Crippen molar-refractivity contribution in [2.24, 2.45) is 13.0 Å². The lowest BCUT2D eigenvalue weighted by Crippen LogP contribution is -2.54. The van der Waals surface area contributed by atoms with Crippen LogP contribution >= 0.6 is 0 Å². The Kier molecular flexibility index (Phi) is 6.96. The number of piperidine rings is 1. The van der Waals surface area contributed by atoms with Crippen LogP contribution in [0.5, 0.6) is 0 Å². The summed E-state index contributed by atoms with van der Waals surface area (Å²) in [4.78, 5) is 47.2. The summed E-state index contributed by atoms with van der Waals surface area (Å²) in [7, 11) is 3.80. The Morgan fingerprint density at radius 2 is 1.79 bits per heavy atom. The molecule has 2 aromatic carbocycles. The van der Waals surface area contributed by atoms with Crippen molar-refractivity contribution in [3.8, 4) is 0 Å². The van der Waals surface area contributed by atoms with E-state index >= 15 is 0 Å². The molecule has 2 N–H and O–H groups in total. The molecule has 2 aliphatic rings. The number of carboxylic acid groups (broad SMARTS) is 1. The van der Waals surface area contributed by atoms with Gasteiger partial charge in [0.05, 0.1) is 28.4 Å². The lowest BCUT2D eigenvalue weighted by molar-refractivity contribution is -0.141. The van der Waals surface area contributed by atoms with Gasteiger partial charge in [0.1, 0.15) is 5.82 Å². The van der Waals surface area contributed by atoms with Crippen LogP contribution in [0.15, 0.2) is 41.2 Å². The summed E-state index contributed by atoms with van der Waals surface area (Å²) in [6, 6.07) is 10.4. The number of likely N-dealkylation sites (tertiary alicyclic amines) is 2. The first kappa shape index (κ1) is 25.9. The molecule has 1 atom stereocenters. The minimum absolute atomic E-state index is 0.0790. The number of amides is 1. The lowest BCUT2D eigenvalue weighted by atomic mass is 9.92. The van der Waals surface area contributed by atoms with Crippen molar-refractivity contribution in [1.82, 2.24) is 19.4 Å². The van der Waals surface area contributed by atoms with Gasteiger partial charge in [-0.15, -0.1) is 0 Å². The van der Waals surface area contributed by atoms with E-state index in [0.29, 0.717) is 29.7 Å². The van der Waals surface area contributed by atoms with E-state index in [9.17, 15) is 19.5 Å². The lowest BCUT2D eigenvalue weighted by Gasteiger charge is -2.40. The van der Waals surface area contributed by atoms with E-state index in [1.807, 2.05) is 37.9 Å². The molecule has 0 bridgehead atoms. The van der Waals surface area contributed by atoms with Crippen molar-refractivity contribution < 1.29 is 14.7 Å². The van der Waals surface area contributed by atoms with E-state index in [0.717, 1.165) is 42.9 Å². The largest absolute Gasteiger partial charge is 0.478 e. The Labute approximate surface area is 222 Å². The zero-order valence-corrected chi connectivity index (χ0v) is 22.4. The first-order valence-electron chi connectivity index (χ1n) is 13.2. The fraction of sp³-hybridized carbons (Fsp3) is 0.448. The number of para-hydroxylation sites is 1. The number of hydrogen-bond acceptors (Lipinski definition) is 6. The molecule has 0 aliphatic carbocycles. The second-order valence-corrected chi connectivity index (χ2v) is 10.8. The molecule has 2 aliphatic heterocycles. The SMILES string of the molecule is Cc1cc([C@@H](C)Nc2ccccc2C(=O)O)c2nc(C3CCN(C(=O)C4CN(C)C4)CC3)n(C)c(=O)c2c1. The summed E-state index contributed by atoms with van der Waals surface area (Å²) < 4.78 is 1.66. The van der Waals surface area contributed by atoms with Crippen molar-refractivity contribution in [2.75, 3.05) is 38.5 Å². The second kappa shape index (κ2) is 10.2. The van der Waals surface area contributed by atoms with Gasteiger partial charge in [-0.25, -0.2) is 9.78 Å². The number of carbonyl (C=O) groups is 2. The third-order valence-corrected chi connectivity index (χ3v) is 7.97. The third-order valence-electron chi connectivity index (χ3n) is 7.97. The summed E-state index contributed by atoms with van der Waals surface area (Å²) in [6.07, 6.45) is 1.53.